The lowest BCUT2D eigenvalue weighted by Crippen LogP contribution is -3.00. The Kier molecular flexibility index (Phi) is 24.8. The van der Waals surface area contributed by atoms with Crippen molar-refractivity contribution >= 4 is 98.3 Å². The zero-order valence-corrected chi connectivity index (χ0v) is 63.9. The first kappa shape index (κ1) is 78.1. The molecule has 2 aliphatic rings. The third-order valence-electron chi connectivity index (χ3n) is 21.9. The summed E-state index contributed by atoms with van der Waals surface area (Å²) in [5, 5.41) is 55.5. The first-order valence-corrected chi connectivity index (χ1v) is 36.4. The number of phenolic OH excluding ortho intramolecular Hbond substituents is 4. The van der Waals surface area contributed by atoms with Crippen molar-refractivity contribution in [3.8, 4) is 57.5 Å². The molecule has 0 radical (unpaired) electrons. The van der Waals surface area contributed by atoms with Crippen LogP contribution in [0.5, 0.6) is 57.5 Å². The van der Waals surface area contributed by atoms with Gasteiger partial charge in [0.2, 0.25) is 0 Å². The van der Waals surface area contributed by atoms with Crippen LogP contribution in [-0.4, -0.2) is 126 Å². The summed E-state index contributed by atoms with van der Waals surface area (Å²) in [6.45, 7) is 12.6. The van der Waals surface area contributed by atoms with E-state index in [1.807, 2.05) is 19.9 Å². The molecule has 0 spiro atoms. The SMILES string of the molecule is CCCCCCCCCC[N+](C)(C)CCCc1c(O)c2c(=O)cc(OC)c3c4c(OC)cc(=O)c5c(O)c(OC)c6c(c(c1C=C(C)C6)c23)c54.CCCCCCCCCC[N+](C)(C)CCCc1c(O)c2c(=O)cc(OC)c3c4c(OC)cc(=O)c5c(O)c(OC)c6c(c(c1CC(C)=C6)c23)c54.[Cl-].[Cl-]. The molecule has 18 heteroatoms. The molecule has 0 fully saturated rings. The lowest BCUT2D eigenvalue weighted by atomic mass is 9.82. The molecule has 4 N–H and O–H groups in total. The van der Waals surface area contributed by atoms with Gasteiger partial charge in [-0.3, -0.25) is 19.2 Å². The van der Waals surface area contributed by atoms with E-state index in [2.05, 4.69) is 48.1 Å². The first-order chi connectivity index (χ1) is 48.0. The highest BCUT2D eigenvalue weighted by Gasteiger charge is 2.36. The van der Waals surface area contributed by atoms with Gasteiger partial charge in [0.1, 0.15) is 34.5 Å². The van der Waals surface area contributed by atoms with Crippen LogP contribution in [0.4, 0.5) is 0 Å². The van der Waals surface area contributed by atoms with Crippen LogP contribution < -0.4 is 75.0 Å². The van der Waals surface area contributed by atoms with Crippen LogP contribution in [0.25, 0.3) is 98.3 Å². The summed E-state index contributed by atoms with van der Waals surface area (Å²) >= 11 is 0. The molecule has 0 amide bonds. The monoisotopic (exact) mass is 1430 g/mol. The van der Waals surface area contributed by atoms with Gasteiger partial charge in [0.25, 0.3) is 0 Å². The standard InChI is InChI=1S/2C42H51NO7.2ClH/c2*1-8-9-10-11-12-13-14-15-18-43(3,4)19-16-17-25-26-20-24(2)21-27-33-32(26)38-34(40(25)46)28(44)22-30(48-5)36(38)37-31(49-6)23-29(45)35(39(33)37)41(47)42(27)50-7;;/h21-23H,8-20H2,1-7H3,(H-,44,45,46,47);20,22-23H,8-19,21H2,1-7H3,(H-,44,45,46,47);2*1H. The Labute approximate surface area is 610 Å². The number of aromatic hydroxyl groups is 4. The van der Waals surface area contributed by atoms with E-state index < -0.39 is 10.9 Å². The fraction of sp³-hybridized carbons (Fsp3) is 0.476. The van der Waals surface area contributed by atoms with Gasteiger partial charge < -0.3 is 82.6 Å². The average molecular weight is 1440 g/mol. The molecule has 0 saturated carbocycles. The number of benzene rings is 10. The Morgan fingerprint density at radius 2 is 0.637 bits per heavy atom. The molecule has 12 rings (SSSR count). The molecule has 0 bridgehead atoms. The predicted octanol–water partition coefficient (Wildman–Crippen LogP) is 10.9. The van der Waals surface area contributed by atoms with Crippen molar-refractivity contribution in [3.05, 3.63) is 110 Å². The maximum atomic E-state index is 14.0. The van der Waals surface area contributed by atoms with Gasteiger partial charge in [0, 0.05) is 102 Å². The Morgan fingerprint density at radius 1 is 0.333 bits per heavy atom. The van der Waals surface area contributed by atoms with Crippen molar-refractivity contribution in [2.75, 3.05) is 97.0 Å². The van der Waals surface area contributed by atoms with Gasteiger partial charge in [-0.2, -0.15) is 0 Å². The molecule has 0 aromatic heterocycles. The molecule has 10 aromatic carbocycles. The van der Waals surface area contributed by atoms with E-state index in [1.54, 1.807) is 0 Å². The van der Waals surface area contributed by atoms with Gasteiger partial charge in [-0.15, -0.1) is 0 Å². The fourth-order valence-corrected chi connectivity index (χ4v) is 17.1. The molecule has 102 heavy (non-hydrogen) atoms. The highest BCUT2D eigenvalue weighted by atomic mass is 35.5. The van der Waals surface area contributed by atoms with Crippen LogP contribution in [0.2, 0.25) is 0 Å². The summed E-state index contributed by atoms with van der Waals surface area (Å²) in [6.07, 6.45) is 28.5. The van der Waals surface area contributed by atoms with Gasteiger partial charge in [-0.25, -0.2) is 0 Å². The summed E-state index contributed by atoms with van der Waals surface area (Å²) in [4.78, 5) is 55.3. The Morgan fingerprint density at radius 3 is 1.03 bits per heavy atom. The number of fused-ring (bicyclic) bond motifs is 2. The normalized spacial score (nSPS) is 13.0. The van der Waals surface area contributed by atoms with Crippen molar-refractivity contribution in [1.29, 1.82) is 0 Å². The van der Waals surface area contributed by atoms with Gasteiger partial charge in [-0.05, 0) is 98.1 Å². The van der Waals surface area contributed by atoms with Crippen LogP contribution in [0.1, 0.15) is 177 Å². The highest BCUT2D eigenvalue weighted by molar-refractivity contribution is 6.40. The second-order valence-electron chi connectivity index (χ2n) is 29.8. The van der Waals surface area contributed by atoms with E-state index in [0.29, 0.717) is 108 Å². The van der Waals surface area contributed by atoms with Crippen molar-refractivity contribution in [3.63, 3.8) is 0 Å². The Bertz CT molecular complexity index is 5080. The Balaban J connectivity index is 0.000000233. The number of halogens is 2. The van der Waals surface area contributed by atoms with Crippen LogP contribution in [0.15, 0.2) is 54.6 Å². The second-order valence-corrected chi connectivity index (χ2v) is 29.8. The summed E-state index contributed by atoms with van der Waals surface area (Å²) in [6, 6.07) is 5.52. The topological polar surface area (TPSA) is 205 Å². The minimum atomic E-state index is -0.403. The number of phenols is 4. The second kappa shape index (κ2) is 32.3. The number of methoxy groups -OCH3 is 6. The van der Waals surface area contributed by atoms with Crippen molar-refractivity contribution < 1.29 is 82.6 Å². The molecule has 2 aliphatic carbocycles. The third kappa shape index (κ3) is 14.1. The lowest BCUT2D eigenvalue weighted by molar-refractivity contribution is -0.890. The van der Waals surface area contributed by atoms with E-state index in [-0.39, 0.29) is 91.7 Å². The molecule has 0 heterocycles. The highest BCUT2D eigenvalue weighted by Crippen LogP contribution is 2.58. The quantitative estimate of drug-likeness (QED) is 0.0134. The number of unbranched alkanes of at least 4 members (excludes halogenated alkanes) is 14. The van der Waals surface area contributed by atoms with Crippen LogP contribution in [-0.2, 0) is 25.7 Å². The number of hydrogen-bond acceptors (Lipinski definition) is 14. The van der Waals surface area contributed by atoms with Crippen molar-refractivity contribution in [1.82, 2.24) is 0 Å². The number of ether oxygens (including phenoxy) is 6. The molecule has 0 saturated heterocycles. The summed E-state index contributed by atoms with van der Waals surface area (Å²) in [7, 11) is 18.1. The van der Waals surface area contributed by atoms with Crippen molar-refractivity contribution in [2.24, 2.45) is 0 Å². The predicted molar refractivity (Wildman–Crippen MR) is 409 cm³/mol. The maximum absolute atomic E-state index is 14.0. The van der Waals surface area contributed by atoms with E-state index in [1.165, 1.54) is 170 Å². The van der Waals surface area contributed by atoms with E-state index >= 15 is 0 Å². The zero-order valence-electron chi connectivity index (χ0n) is 62.4. The molecular formula is C84H104Cl2N2O14. The average Bonchev–Trinajstić information content (AvgIpc) is 0.927. The Hall–Kier alpha value is -8.02. The summed E-state index contributed by atoms with van der Waals surface area (Å²) in [5.41, 5.74) is 5.06. The maximum Gasteiger partial charge on any atom is 0.194 e. The minimum Gasteiger partial charge on any atom is -1.00 e. The summed E-state index contributed by atoms with van der Waals surface area (Å²) in [5.74, 6) is 1.17. The van der Waals surface area contributed by atoms with Gasteiger partial charge in [0.15, 0.2) is 44.7 Å². The number of nitrogens with zero attached hydrogens (tertiary/aromatic N) is 2. The molecule has 0 unspecified atom stereocenters. The lowest BCUT2D eigenvalue weighted by Gasteiger charge is -2.30. The van der Waals surface area contributed by atoms with Crippen molar-refractivity contribution in [2.45, 2.75) is 169 Å². The number of rotatable bonds is 32. The van der Waals surface area contributed by atoms with Crippen LogP contribution in [0.3, 0.4) is 0 Å². The van der Waals surface area contributed by atoms with Gasteiger partial charge in [-0.1, -0.05) is 114 Å². The van der Waals surface area contributed by atoms with Crippen LogP contribution >= 0.6 is 0 Å². The number of quaternary nitrogens is 2. The third-order valence-corrected chi connectivity index (χ3v) is 21.9. The van der Waals surface area contributed by atoms with E-state index in [0.717, 1.165) is 97.5 Å². The van der Waals surface area contributed by atoms with E-state index in [9.17, 15) is 39.6 Å². The number of hydrogen-bond donors (Lipinski definition) is 4. The largest absolute Gasteiger partial charge is 1.00 e. The molecular weight excluding hydrogens is 1330 g/mol. The van der Waals surface area contributed by atoms with Gasteiger partial charge in [0.05, 0.1) is 119 Å². The molecule has 10 aromatic rings. The summed E-state index contributed by atoms with van der Waals surface area (Å²) < 4.78 is 36.7. The van der Waals surface area contributed by atoms with E-state index in [4.69, 9.17) is 28.4 Å². The first-order valence-electron chi connectivity index (χ1n) is 36.4. The smallest absolute Gasteiger partial charge is 0.194 e. The molecule has 0 aliphatic heterocycles. The number of allylic oxidation sites excluding steroid dienone is 2. The molecule has 548 valence electrons. The van der Waals surface area contributed by atoms with Crippen LogP contribution in [0, 0.1) is 0 Å². The minimum absolute atomic E-state index is 0. The van der Waals surface area contributed by atoms with Gasteiger partial charge >= 0.3 is 0 Å². The zero-order chi connectivity index (χ0) is 71.8. The molecule has 0 atom stereocenters. The molecule has 16 nitrogen and oxygen atoms in total. The fourth-order valence-electron chi connectivity index (χ4n) is 17.1.